The summed E-state index contributed by atoms with van der Waals surface area (Å²) in [5.41, 5.74) is 0.0485. The number of nitro groups is 1. The van der Waals surface area contributed by atoms with Gasteiger partial charge in [-0.2, -0.15) is 0 Å². The maximum absolute atomic E-state index is 11.9. The molecular formula is C13H14N6O3S. The first-order valence-corrected chi connectivity index (χ1v) is 7.63. The first kappa shape index (κ1) is 16.6. The van der Waals surface area contributed by atoms with Crippen LogP contribution in [0.4, 0.5) is 11.4 Å². The van der Waals surface area contributed by atoms with Crippen LogP contribution < -0.4 is 5.32 Å². The molecule has 0 spiro atoms. The molecule has 2 rings (SSSR count). The van der Waals surface area contributed by atoms with E-state index in [9.17, 15) is 14.9 Å². The van der Waals surface area contributed by atoms with E-state index in [1.807, 2.05) is 0 Å². The van der Waals surface area contributed by atoms with Gasteiger partial charge in [0.25, 0.3) is 5.69 Å². The van der Waals surface area contributed by atoms with Gasteiger partial charge in [-0.3, -0.25) is 14.9 Å². The van der Waals surface area contributed by atoms with Crippen molar-refractivity contribution in [1.82, 2.24) is 20.2 Å². The molecule has 1 aromatic carbocycles. The van der Waals surface area contributed by atoms with Gasteiger partial charge >= 0.3 is 0 Å². The summed E-state index contributed by atoms with van der Waals surface area (Å²) in [6, 6.07) is 6.01. The molecule has 1 heterocycles. The van der Waals surface area contributed by atoms with Crippen molar-refractivity contribution in [2.24, 2.45) is 0 Å². The van der Waals surface area contributed by atoms with Crippen LogP contribution in [0.3, 0.4) is 0 Å². The summed E-state index contributed by atoms with van der Waals surface area (Å²) in [5.74, 6) is 0.138. The quantitative estimate of drug-likeness (QED) is 0.339. The molecule has 1 aromatic heterocycles. The molecule has 10 heteroatoms. The third-order valence-electron chi connectivity index (χ3n) is 2.74. The zero-order valence-electron chi connectivity index (χ0n) is 12.1. The summed E-state index contributed by atoms with van der Waals surface area (Å²) in [6.07, 6.45) is 1.85. The molecule has 0 fully saturated rings. The van der Waals surface area contributed by atoms with Crippen LogP contribution in [0.15, 0.2) is 42.1 Å². The number of tetrazole rings is 1. The largest absolute Gasteiger partial charge is 0.320 e. The number of anilines is 1. The molecular weight excluding hydrogens is 320 g/mol. The van der Waals surface area contributed by atoms with Crippen molar-refractivity contribution in [3.63, 3.8) is 0 Å². The fraction of sp³-hybridized carbons (Fsp3) is 0.231. The highest BCUT2D eigenvalue weighted by atomic mass is 32.2. The molecule has 0 saturated carbocycles. The Balaban J connectivity index is 1.87. The summed E-state index contributed by atoms with van der Waals surface area (Å²) in [7, 11) is 0. The molecule has 120 valence electrons. The minimum atomic E-state index is -0.534. The molecule has 0 atom stereocenters. The van der Waals surface area contributed by atoms with E-state index in [1.165, 1.54) is 23.9 Å². The molecule has 0 radical (unpaired) electrons. The van der Waals surface area contributed by atoms with Gasteiger partial charge in [-0.15, -0.1) is 11.7 Å². The topological polar surface area (TPSA) is 116 Å². The van der Waals surface area contributed by atoms with Crippen molar-refractivity contribution < 1.29 is 9.72 Å². The van der Waals surface area contributed by atoms with Gasteiger partial charge in [-0.1, -0.05) is 30.0 Å². The number of amides is 1. The monoisotopic (exact) mass is 334 g/mol. The van der Waals surface area contributed by atoms with Crippen molar-refractivity contribution in [3.05, 3.63) is 47.0 Å². The maximum Gasteiger partial charge on any atom is 0.292 e. The van der Waals surface area contributed by atoms with Gasteiger partial charge in [-0.25, -0.2) is 4.68 Å². The highest BCUT2D eigenvalue weighted by Gasteiger charge is 2.15. The third kappa shape index (κ3) is 4.61. The van der Waals surface area contributed by atoms with E-state index in [1.54, 1.807) is 22.9 Å². The Morgan fingerprint density at radius 1 is 1.48 bits per heavy atom. The van der Waals surface area contributed by atoms with Crippen LogP contribution in [0, 0.1) is 10.1 Å². The Morgan fingerprint density at radius 3 is 3.00 bits per heavy atom. The second kappa shape index (κ2) is 8.03. The average molecular weight is 334 g/mol. The summed E-state index contributed by atoms with van der Waals surface area (Å²) < 4.78 is 1.57. The minimum absolute atomic E-state index is 0.136. The van der Waals surface area contributed by atoms with Crippen molar-refractivity contribution >= 4 is 29.0 Å². The SMILES string of the molecule is C=CCn1nnnc1SCCC(=O)Nc1ccccc1[N+](=O)[O-]. The molecule has 0 unspecified atom stereocenters. The lowest BCUT2D eigenvalue weighted by Gasteiger charge is -2.05. The van der Waals surface area contributed by atoms with E-state index in [-0.39, 0.29) is 23.7 Å². The van der Waals surface area contributed by atoms with E-state index in [2.05, 4.69) is 27.4 Å². The van der Waals surface area contributed by atoms with E-state index < -0.39 is 4.92 Å². The lowest BCUT2D eigenvalue weighted by atomic mass is 10.2. The number of carbonyl (C=O) groups is 1. The van der Waals surface area contributed by atoms with Crippen LogP contribution in [-0.2, 0) is 11.3 Å². The van der Waals surface area contributed by atoms with E-state index >= 15 is 0 Å². The van der Waals surface area contributed by atoms with Crippen LogP contribution >= 0.6 is 11.8 Å². The smallest absolute Gasteiger partial charge is 0.292 e. The molecule has 2 aromatic rings. The van der Waals surface area contributed by atoms with Crippen LogP contribution in [0.2, 0.25) is 0 Å². The van der Waals surface area contributed by atoms with Gasteiger partial charge in [0.1, 0.15) is 5.69 Å². The van der Waals surface area contributed by atoms with Gasteiger partial charge in [0.2, 0.25) is 11.1 Å². The summed E-state index contributed by atoms with van der Waals surface area (Å²) in [4.78, 5) is 22.3. The molecule has 23 heavy (non-hydrogen) atoms. The number of carbonyl (C=O) groups excluding carboxylic acids is 1. The number of thioether (sulfide) groups is 1. The molecule has 9 nitrogen and oxygen atoms in total. The number of hydrogen-bond acceptors (Lipinski definition) is 7. The van der Waals surface area contributed by atoms with Crippen molar-refractivity contribution in [2.45, 2.75) is 18.1 Å². The van der Waals surface area contributed by atoms with Crippen LogP contribution in [0.5, 0.6) is 0 Å². The molecule has 0 aliphatic heterocycles. The fourth-order valence-electron chi connectivity index (χ4n) is 1.72. The normalized spacial score (nSPS) is 10.3. The molecule has 1 N–H and O–H groups in total. The van der Waals surface area contributed by atoms with Crippen LogP contribution in [0.25, 0.3) is 0 Å². The summed E-state index contributed by atoms with van der Waals surface area (Å²) in [5, 5.41) is 25.2. The Kier molecular flexibility index (Phi) is 5.80. The zero-order chi connectivity index (χ0) is 16.7. The van der Waals surface area contributed by atoms with Gasteiger partial charge in [0.15, 0.2) is 0 Å². The number of allylic oxidation sites excluding steroid dienone is 1. The Hall–Kier alpha value is -2.75. The standard InChI is InChI=1S/C13H14N6O3S/c1-2-8-18-13(15-16-17-18)23-9-7-12(20)14-10-5-3-4-6-11(10)19(21)22/h2-6H,1,7-9H2,(H,14,20). The number of rotatable bonds is 8. The van der Waals surface area contributed by atoms with Crippen LogP contribution in [-0.4, -0.2) is 36.8 Å². The lowest BCUT2D eigenvalue weighted by Crippen LogP contribution is -2.13. The zero-order valence-corrected chi connectivity index (χ0v) is 12.9. The Labute approximate surface area is 135 Å². The number of nitro benzene ring substituents is 1. The predicted molar refractivity (Wildman–Crippen MR) is 85.1 cm³/mol. The second-order valence-electron chi connectivity index (χ2n) is 4.35. The first-order chi connectivity index (χ1) is 11.1. The number of nitrogens with zero attached hydrogens (tertiary/aromatic N) is 5. The lowest BCUT2D eigenvalue weighted by molar-refractivity contribution is -0.383. The van der Waals surface area contributed by atoms with Crippen molar-refractivity contribution in [3.8, 4) is 0 Å². The third-order valence-corrected chi connectivity index (χ3v) is 3.70. The Bertz CT molecular complexity index is 717. The number of para-hydroxylation sites is 2. The predicted octanol–water partition coefficient (Wildman–Crippen LogP) is 1.89. The Morgan fingerprint density at radius 2 is 2.26 bits per heavy atom. The van der Waals surface area contributed by atoms with E-state index in [0.717, 1.165) is 0 Å². The van der Waals surface area contributed by atoms with Gasteiger partial charge in [0, 0.05) is 18.2 Å². The number of benzene rings is 1. The molecule has 0 saturated heterocycles. The van der Waals surface area contributed by atoms with Crippen LogP contribution in [0.1, 0.15) is 6.42 Å². The minimum Gasteiger partial charge on any atom is -0.320 e. The summed E-state index contributed by atoms with van der Waals surface area (Å²) >= 11 is 1.33. The maximum atomic E-state index is 11.9. The molecule has 0 aliphatic carbocycles. The van der Waals surface area contributed by atoms with Crippen molar-refractivity contribution in [1.29, 1.82) is 0 Å². The first-order valence-electron chi connectivity index (χ1n) is 6.65. The number of hydrogen-bond donors (Lipinski definition) is 1. The molecule has 0 bridgehead atoms. The van der Waals surface area contributed by atoms with E-state index in [4.69, 9.17) is 0 Å². The molecule has 1 amide bonds. The summed E-state index contributed by atoms with van der Waals surface area (Å²) in [6.45, 7) is 4.09. The molecule has 0 aliphatic rings. The fourth-order valence-corrected chi connectivity index (χ4v) is 2.55. The number of nitrogens with one attached hydrogen (secondary N) is 1. The van der Waals surface area contributed by atoms with E-state index in [0.29, 0.717) is 17.5 Å². The number of aromatic nitrogens is 4. The van der Waals surface area contributed by atoms with Gasteiger partial charge in [-0.05, 0) is 16.5 Å². The van der Waals surface area contributed by atoms with Crippen molar-refractivity contribution in [2.75, 3.05) is 11.1 Å². The average Bonchev–Trinajstić information content (AvgIpc) is 2.95. The highest BCUT2D eigenvalue weighted by Crippen LogP contribution is 2.23. The van der Waals surface area contributed by atoms with Gasteiger partial charge in [0.05, 0.1) is 11.5 Å². The highest BCUT2D eigenvalue weighted by molar-refractivity contribution is 7.99. The van der Waals surface area contributed by atoms with Gasteiger partial charge < -0.3 is 5.32 Å². The second-order valence-corrected chi connectivity index (χ2v) is 5.42.